The van der Waals surface area contributed by atoms with Crippen molar-refractivity contribution < 1.29 is 36.8 Å². The van der Waals surface area contributed by atoms with Gasteiger partial charge in [0.25, 0.3) is 0 Å². The quantitative estimate of drug-likeness (QED) is 0.194. The summed E-state index contributed by atoms with van der Waals surface area (Å²) in [6, 6.07) is 11.2. The molecule has 0 bridgehead atoms. The van der Waals surface area contributed by atoms with Gasteiger partial charge in [0.1, 0.15) is 29.7 Å². The Morgan fingerprint density at radius 1 is 1.16 bits per heavy atom. The van der Waals surface area contributed by atoms with Crippen LogP contribution in [-0.4, -0.2) is 17.3 Å². The molecular weight excluding hydrogens is 419 g/mol. The summed E-state index contributed by atoms with van der Waals surface area (Å²) in [5, 5.41) is 11.0. The summed E-state index contributed by atoms with van der Waals surface area (Å²) < 4.78 is 52.9. The second kappa shape index (κ2) is 9.61. The molecule has 0 unspecified atom stereocenters. The van der Waals surface area contributed by atoms with E-state index in [-0.39, 0.29) is 35.2 Å². The average molecular weight is 433 g/mol. The van der Waals surface area contributed by atoms with Crippen LogP contribution in [0, 0.1) is 15.9 Å². The van der Waals surface area contributed by atoms with Crippen molar-refractivity contribution in [2.45, 2.75) is 13.2 Å². The number of nitro benzene ring substituents is 1. The third-order valence-corrected chi connectivity index (χ3v) is 3.91. The van der Waals surface area contributed by atoms with Crippen LogP contribution in [0.3, 0.4) is 0 Å². The molecule has 0 atom stereocenters. The maximum Gasteiger partial charge on any atom is 0.387 e. The van der Waals surface area contributed by atoms with Gasteiger partial charge in [-0.1, -0.05) is 12.1 Å². The van der Waals surface area contributed by atoms with Crippen LogP contribution in [0.15, 0.2) is 65.1 Å². The van der Waals surface area contributed by atoms with Crippen molar-refractivity contribution in [2.24, 2.45) is 0 Å². The first-order valence-corrected chi connectivity index (χ1v) is 8.74. The molecule has 31 heavy (non-hydrogen) atoms. The lowest BCUT2D eigenvalue weighted by molar-refractivity contribution is -0.386. The number of carbonyl (C=O) groups is 1. The summed E-state index contributed by atoms with van der Waals surface area (Å²) in [5.41, 5.74) is -0.250. The Morgan fingerprint density at radius 2 is 1.97 bits per heavy atom. The van der Waals surface area contributed by atoms with Crippen LogP contribution in [0.5, 0.6) is 11.5 Å². The molecule has 0 fully saturated rings. The number of carbonyl (C=O) groups excluding carboxylic acids is 1. The molecule has 3 aromatic rings. The number of alkyl halides is 2. The molecule has 0 amide bonds. The highest BCUT2D eigenvalue weighted by atomic mass is 19.3. The van der Waals surface area contributed by atoms with E-state index in [0.717, 1.165) is 18.2 Å². The van der Waals surface area contributed by atoms with Gasteiger partial charge in [-0.05, 0) is 42.5 Å². The van der Waals surface area contributed by atoms with E-state index in [2.05, 4.69) is 4.74 Å². The fourth-order valence-electron chi connectivity index (χ4n) is 2.54. The molecule has 0 aliphatic rings. The molecule has 0 saturated carbocycles. The maximum atomic E-state index is 13.3. The maximum absolute atomic E-state index is 13.3. The summed E-state index contributed by atoms with van der Waals surface area (Å²) in [7, 11) is 0. The summed E-state index contributed by atoms with van der Waals surface area (Å²) in [6.45, 7) is -3.21. The van der Waals surface area contributed by atoms with Gasteiger partial charge >= 0.3 is 12.3 Å². The van der Waals surface area contributed by atoms with Gasteiger partial charge in [-0.15, -0.1) is 0 Å². The molecule has 7 nitrogen and oxygen atoms in total. The van der Waals surface area contributed by atoms with Crippen molar-refractivity contribution in [2.75, 3.05) is 0 Å². The SMILES string of the molecule is O=C(/C=C/c1ccc(COc2cc(F)ccc2[N+](=O)[O-])o1)c1cccc(OC(F)F)c1. The molecule has 160 valence electrons. The number of nitro groups is 1. The average Bonchev–Trinajstić information content (AvgIpc) is 3.18. The van der Waals surface area contributed by atoms with Gasteiger partial charge < -0.3 is 13.9 Å². The topological polar surface area (TPSA) is 91.8 Å². The monoisotopic (exact) mass is 433 g/mol. The number of ketones is 1. The van der Waals surface area contributed by atoms with Gasteiger partial charge in [-0.2, -0.15) is 8.78 Å². The molecular formula is C21H14F3NO6. The third kappa shape index (κ3) is 5.95. The summed E-state index contributed by atoms with van der Waals surface area (Å²) in [5.74, 6) is -0.995. The normalized spacial score (nSPS) is 11.1. The van der Waals surface area contributed by atoms with Crippen LogP contribution in [0.1, 0.15) is 21.9 Å². The lowest BCUT2D eigenvalue weighted by atomic mass is 10.1. The molecule has 0 spiro atoms. The minimum absolute atomic E-state index is 0.141. The Kier molecular flexibility index (Phi) is 6.71. The highest BCUT2D eigenvalue weighted by molar-refractivity contribution is 6.06. The minimum atomic E-state index is -3.00. The van der Waals surface area contributed by atoms with Crippen molar-refractivity contribution in [3.63, 3.8) is 0 Å². The van der Waals surface area contributed by atoms with Gasteiger partial charge in [0, 0.05) is 17.7 Å². The highest BCUT2D eigenvalue weighted by Gasteiger charge is 2.16. The number of benzene rings is 2. The number of furan rings is 1. The van der Waals surface area contributed by atoms with Crippen molar-refractivity contribution in [1.82, 2.24) is 0 Å². The number of allylic oxidation sites excluding steroid dienone is 1. The van der Waals surface area contributed by atoms with Crippen LogP contribution in [0.4, 0.5) is 18.9 Å². The Hall–Kier alpha value is -4.08. The van der Waals surface area contributed by atoms with Crippen LogP contribution in [-0.2, 0) is 6.61 Å². The summed E-state index contributed by atoms with van der Waals surface area (Å²) in [6.07, 6.45) is 2.54. The van der Waals surface area contributed by atoms with Crippen molar-refractivity contribution in [3.05, 3.63) is 93.7 Å². The number of hydrogen-bond acceptors (Lipinski definition) is 6. The Morgan fingerprint density at radius 3 is 2.71 bits per heavy atom. The first kappa shape index (κ1) is 21.6. The van der Waals surface area contributed by atoms with E-state index in [1.54, 1.807) is 0 Å². The molecule has 0 saturated heterocycles. The zero-order chi connectivity index (χ0) is 22.4. The van der Waals surface area contributed by atoms with Crippen LogP contribution >= 0.6 is 0 Å². The van der Waals surface area contributed by atoms with Gasteiger partial charge in [0.05, 0.1) is 4.92 Å². The van der Waals surface area contributed by atoms with E-state index in [9.17, 15) is 28.1 Å². The predicted octanol–water partition coefficient (Wildman–Crippen LogP) is 5.40. The van der Waals surface area contributed by atoms with Crippen molar-refractivity contribution >= 4 is 17.5 Å². The zero-order valence-corrected chi connectivity index (χ0v) is 15.7. The predicted molar refractivity (Wildman–Crippen MR) is 103 cm³/mol. The van der Waals surface area contributed by atoms with Crippen LogP contribution in [0.25, 0.3) is 6.08 Å². The second-order valence-corrected chi connectivity index (χ2v) is 6.07. The Balaban J connectivity index is 1.64. The first-order chi connectivity index (χ1) is 14.8. The molecule has 1 heterocycles. The van der Waals surface area contributed by atoms with Crippen molar-refractivity contribution in [1.29, 1.82) is 0 Å². The molecule has 3 rings (SSSR count). The lowest BCUT2D eigenvalue weighted by Crippen LogP contribution is -2.03. The van der Waals surface area contributed by atoms with E-state index in [1.165, 1.54) is 48.6 Å². The molecule has 0 N–H and O–H groups in total. The largest absolute Gasteiger partial charge is 0.479 e. The van der Waals surface area contributed by atoms with Gasteiger partial charge in [0.2, 0.25) is 0 Å². The highest BCUT2D eigenvalue weighted by Crippen LogP contribution is 2.28. The Bertz CT molecular complexity index is 1130. The fraction of sp³-hybridized carbons (Fsp3) is 0.0952. The van der Waals surface area contributed by atoms with E-state index < -0.39 is 28.8 Å². The lowest BCUT2D eigenvalue weighted by Gasteiger charge is -2.05. The molecule has 2 aromatic carbocycles. The van der Waals surface area contributed by atoms with E-state index in [1.807, 2.05) is 0 Å². The smallest absolute Gasteiger partial charge is 0.387 e. The van der Waals surface area contributed by atoms with Gasteiger partial charge in [0.15, 0.2) is 11.5 Å². The molecule has 0 aliphatic carbocycles. The number of rotatable bonds is 9. The molecule has 0 aliphatic heterocycles. The molecule has 10 heteroatoms. The molecule has 0 radical (unpaired) electrons. The minimum Gasteiger partial charge on any atom is -0.479 e. The van der Waals surface area contributed by atoms with Crippen molar-refractivity contribution in [3.8, 4) is 11.5 Å². The van der Waals surface area contributed by atoms with Gasteiger partial charge in [-0.25, -0.2) is 4.39 Å². The number of nitrogens with zero attached hydrogens (tertiary/aromatic N) is 1. The standard InChI is InChI=1S/C21H14F3NO6/c22-14-4-8-18(25(27)28)20(11-14)29-12-17-6-5-15(30-17)7-9-19(26)13-2-1-3-16(10-13)31-21(23)24/h1-11,21H,12H2/b9-7+. The van der Waals surface area contributed by atoms with E-state index >= 15 is 0 Å². The summed E-state index contributed by atoms with van der Waals surface area (Å²) >= 11 is 0. The van der Waals surface area contributed by atoms with E-state index in [4.69, 9.17) is 9.15 Å². The first-order valence-electron chi connectivity index (χ1n) is 8.74. The van der Waals surface area contributed by atoms with Crippen LogP contribution < -0.4 is 9.47 Å². The van der Waals surface area contributed by atoms with Crippen LogP contribution in [0.2, 0.25) is 0 Å². The third-order valence-electron chi connectivity index (χ3n) is 3.91. The Labute approximate surface area is 173 Å². The molecule has 1 aromatic heterocycles. The summed E-state index contributed by atoms with van der Waals surface area (Å²) in [4.78, 5) is 22.5. The number of hydrogen-bond donors (Lipinski definition) is 0. The zero-order valence-electron chi connectivity index (χ0n) is 15.7. The van der Waals surface area contributed by atoms with E-state index in [0.29, 0.717) is 0 Å². The second-order valence-electron chi connectivity index (χ2n) is 6.07. The van der Waals surface area contributed by atoms with Gasteiger partial charge in [-0.3, -0.25) is 14.9 Å². The fourth-order valence-corrected chi connectivity index (χ4v) is 2.54. The number of ether oxygens (including phenoxy) is 2. The number of halogens is 3.